The lowest BCUT2D eigenvalue weighted by molar-refractivity contribution is 0.188. The second kappa shape index (κ2) is 5.59. The fourth-order valence-corrected chi connectivity index (χ4v) is 2.78. The zero-order chi connectivity index (χ0) is 12.1. The van der Waals surface area contributed by atoms with Crippen molar-refractivity contribution in [3.8, 4) is 5.75 Å². The van der Waals surface area contributed by atoms with E-state index in [1.807, 2.05) is 30.3 Å². The van der Waals surface area contributed by atoms with E-state index in [4.69, 9.17) is 16.3 Å². The van der Waals surface area contributed by atoms with Crippen LogP contribution in [0.15, 0.2) is 41.6 Å². The zero-order valence-electron chi connectivity index (χ0n) is 10.3. The first kappa shape index (κ1) is 12.5. The van der Waals surface area contributed by atoms with Gasteiger partial charge < -0.3 is 4.74 Å². The second-order valence-electron chi connectivity index (χ2n) is 5.01. The van der Waals surface area contributed by atoms with Crippen molar-refractivity contribution in [1.82, 2.24) is 0 Å². The molecule has 92 valence electrons. The minimum absolute atomic E-state index is 0.107. The topological polar surface area (TPSA) is 9.23 Å². The molecule has 0 saturated heterocycles. The van der Waals surface area contributed by atoms with E-state index < -0.39 is 0 Å². The van der Waals surface area contributed by atoms with Crippen molar-refractivity contribution in [2.45, 2.75) is 39.0 Å². The lowest BCUT2D eigenvalue weighted by Crippen LogP contribution is -2.25. The van der Waals surface area contributed by atoms with Crippen LogP contribution in [-0.2, 0) is 0 Å². The average Bonchev–Trinajstić information content (AvgIpc) is 2.38. The molecule has 2 heteroatoms. The van der Waals surface area contributed by atoms with Crippen molar-refractivity contribution in [3.05, 3.63) is 41.6 Å². The molecule has 0 aliphatic heterocycles. The molecule has 1 aliphatic carbocycles. The third-order valence-electron chi connectivity index (χ3n) is 3.62. The van der Waals surface area contributed by atoms with Gasteiger partial charge in [-0.15, -0.1) is 0 Å². The van der Waals surface area contributed by atoms with Crippen molar-refractivity contribution in [2.75, 3.05) is 0 Å². The molecule has 1 saturated carbocycles. The lowest BCUT2D eigenvalue weighted by atomic mass is 9.74. The summed E-state index contributed by atoms with van der Waals surface area (Å²) in [7, 11) is 0. The molecule has 0 unspecified atom stereocenters. The molecule has 0 bridgehead atoms. The Morgan fingerprint density at radius 3 is 2.41 bits per heavy atom. The van der Waals surface area contributed by atoms with Crippen LogP contribution in [-0.4, -0.2) is 0 Å². The summed E-state index contributed by atoms with van der Waals surface area (Å²) in [4.78, 5) is 0. The predicted molar refractivity (Wildman–Crippen MR) is 72.2 cm³/mol. The summed E-state index contributed by atoms with van der Waals surface area (Å²) in [6.45, 7) is 2.25. The molecule has 1 aliphatic rings. The molecule has 1 nitrogen and oxygen atoms in total. The van der Waals surface area contributed by atoms with Gasteiger partial charge in [-0.2, -0.15) is 0 Å². The summed E-state index contributed by atoms with van der Waals surface area (Å²) >= 11 is 5.95. The molecule has 0 aromatic heterocycles. The maximum atomic E-state index is 5.95. The number of ether oxygens (including phenoxy) is 1. The van der Waals surface area contributed by atoms with Crippen molar-refractivity contribution in [3.63, 3.8) is 0 Å². The van der Waals surface area contributed by atoms with Gasteiger partial charge in [0.2, 0.25) is 0 Å². The molecule has 0 spiro atoms. The molecular formula is C15H19ClO. The molecule has 1 fully saturated rings. The number of para-hydroxylation sites is 1. The molecular weight excluding hydrogens is 232 g/mol. The van der Waals surface area contributed by atoms with Crippen molar-refractivity contribution >= 4 is 11.6 Å². The minimum Gasteiger partial charge on any atom is -0.460 e. The highest BCUT2D eigenvalue weighted by atomic mass is 35.5. The van der Waals surface area contributed by atoms with Gasteiger partial charge in [0.15, 0.2) is 0 Å². The van der Waals surface area contributed by atoms with Crippen LogP contribution in [0.1, 0.15) is 39.0 Å². The van der Waals surface area contributed by atoms with Gasteiger partial charge in [0.1, 0.15) is 11.5 Å². The Hall–Kier alpha value is -0.950. The van der Waals surface area contributed by atoms with Gasteiger partial charge in [0.25, 0.3) is 0 Å². The molecule has 0 heterocycles. The average molecular weight is 251 g/mol. The van der Waals surface area contributed by atoms with Gasteiger partial charge in [-0.05, 0) is 25.0 Å². The van der Waals surface area contributed by atoms with Crippen LogP contribution in [0.5, 0.6) is 5.75 Å². The van der Waals surface area contributed by atoms with Gasteiger partial charge >= 0.3 is 0 Å². The first-order valence-corrected chi connectivity index (χ1v) is 6.72. The maximum Gasteiger partial charge on any atom is 0.127 e. The highest BCUT2D eigenvalue weighted by molar-refractivity contribution is 6.25. The van der Waals surface area contributed by atoms with Gasteiger partial charge in [0, 0.05) is 11.0 Å². The standard InChI is InChI=1S/C15H19ClO/c1-15(10-6-3-7-11-15)14(12-16)17-13-8-4-2-5-9-13/h2,4-5,8-9,12H,3,6-7,10-11H2,1H3. The Morgan fingerprint density at radius 2 is 1.82 bits per heavy atom. The van der Waals surface area contributed by atoms with Crippen LogP contribution < -0.4 is 4.74 Å². The van der Waals surface area contributed by atoms with Gasteiger partial charge in [-0.1, -0.05) is 56.0 Å². The highest BCUT2D eigenvalue weighted by Gasteiger charge is 2.32. The van der Waals surface area contributed by atoms with E-state index in [0.717, 1.165) is 11.5 Å². The van der Waals surface area contributed by atoms with E-state index >= 15 is 0 Å². The van der Waals surface area contributed by atoms with E-state index in [-0.39, 0.29) is 5.41 Å². The quantitative estimate of drug-likeness (QED) is 0.677. The summed E-state index contributed by atoms with van der Waals surface area (Å²) in [5.74, 6) is 1.77. The van der Waals surface area contributed by atoms with Crippen molar-refractivity contribution in [1.29, 1.82) is 0 Å². The number of halogens is 1. The van der Waals surface area contributed by atoms with Crippen LogP contribution in [0.3, 0.4) is 0 Å². The van der Waals surface area contributed by atoms with Crippen LogP contribution in [0.2, 0.25) is 0 Å². The Morgan fingerprint density at radius 1 is 1.18 bits per heavy atom. The Labute approximate surface area is 108 Å². The van der Waals surface area contributed by atoms with E-state index in [0.29, 0.717) is 0 Å². The molecule has 2 rings (SSSR count). The third-order valence-corrected chi connectivity index (χ3v) is 3.82. The van der Waals surface area contributed by atoms with Crippen molar-refractivity contribution < 1.29 is 4.74 Å². The summed E-state index contributed by atoms with van der Waals surface area (Å²) < 4.78 is 5.94. The summed E-state index contributed by atoms with van der Waals surface area (Å²) in [5, 5.41) is 0. The van der Waals surface area contributed by atoms with E-state index in [1.165, 1.54) is 32.1 Å². The zero-order valence-corrected chi connectivity index (χ0v) is 11.0. The number of allylic oxidation sites excluding steroid dienone is 1. The lowest BCUT2D eigenvalue weighted by Gasteiger charge is -2.34. The molecule has 0 amide bonds. The van der Waals surface area contributed by atoms with Crippen LogP contribution >= 0.6 is 11.6 Å². The SMILES string of the molecule is CC1(C(=CCl)Oc2ccccc2)CCCCC1. The van der Waals surface area contributed by atoms with Gasteiger partial charge in [0.05, 0.1) is 0 Å². The van der Waals surface area contributed by atoms with E-state index in [2.05, 4.69) is 6.92 Å². The number of hydrogen-bond acceptors (Lipinski definition) is 1. The smallest absolute Gasteiger partial charge is 0.127 e. The molecule has 0 atom stereocenters. The summed E-state index contributed by atoms with van der Waals surface area (Å²) in [5.41, 5.74) is 1.72. The van der Waals surface area contributed by atoms with Gasteiger partial charge in [-0.3, -0.25) is 0 Å². The van der Waals surface area contributed by atoms with Gasteiger partial charge in [-0.25, -0.2) is 0 Å². The molecule has 0 N–H and O–H groups in total. The normalized spacial score (nSPS) is 20.0. The number of benzene rings is 1. The molecule has 1 aromatic carbocycles. The Balaban J connectivity index is 2.12. The molecule has 0 radical (unpaired) electrons. The number of rotatable bonds is 3. The van der Waals surface area contributed by atoms with Crippen molar-refractivity contribution in [2.24, 2.45) is 5.41 Å². The van der Waals surface area contributed by atoms with Crippen LogP contribution in [0, 0.1) is 5.41 Å². The van der Waals surface area contributed by atoms with E-state index in [1.54, 1.807) is 5.54 Å². The molecule has 17 heavy (non-hydrogen) atoms. The fourth-order valence-electron chi connectivity index (χ4n) is 2.47. The van der Waals surface area contributed by atoms with Crippen LogP contribution in [0.4, 0.5) is 0 Å². The number of hydrogen-bond donors (Lipinski definition) is 0. The summed E-state index contributed by atoms with van der Waals surface area (Å²) in [6, 6.07) is 9.87. The maximum absolute atomic E-state index is 5.95. The third kappa shape index (κ3) is 3.04. The molecule has 1 aromatic rings. The Kier molecular flexibility index (Phi) is 4.11. The van der Waals surface area contributed by atoms with Crippen LogP contribution in [0.25, 0.3) is 0 Å². The fraction of sp³-hybridized carbons (Fsp3) is 0.467. The first-order valence-electron chi connectivity index (χ1n) is 6.28. The second-order valence-corrected chi connectivity index (χ2v) is 5.23. The van der Waals surface area contributed by atoms with E-state index in [9.17, 15) is 0 Å². The first-order chi connectivity index (χ1) is 8.24. The summed E-state index contributed by atoms with van der Waals surface area (Å²) in [6.07, 6.45) is 6.19. The Bertz CT molecular complexity index is 377. The predicted octanol–water partition coefficient (Wildman–Crippen LogP) is 5.12. The minimum atomic E-state index is 0.107. The highest BCUT2D eigenvalue weighted by Crippen LogP contribution is 2.42. The monoisotopic (exact) mass is 250 g/mol. The largest absolute Gasteiger partial charge is 0.460 e.